The SMILES string of the molecule is COc1ccc([C@H](CC(=O)OCC(=O)c2ccccc2)NC(=O)c2cccs2)cc1. The van der Waals surface area contributed by atoms with Crippen LogP contribution in [0.1, 0.15) is 38.1 Å². The van der Waals surface area contributed by atoms with Crippen molar-refractivity contribution in [3.63, 3.8) is 0 Å². The van der Waals surface area contributed by atoms with Crippen molar-refractivity contribution in [1.82, 2.24) is 5.32 Å². The molecule has 0 spiro atoms. The number of benzene rings is 2. The average Bonchev–Trinajstić information content (AvgIpc) is 3.33. The van der Waals surface area contributed by atoms with Crippen molar-refractivity contribution in [2.24, 2.45) is 0 Å². The Balaban J connectivity index is 1.66. The number of nitrogens with one attached hydrogen (secondary N) is 1. The molecule has 3 aromatic rings. The minimum Gasteiger partial charge on any atom is -0.497 e. The predicted octanol–water partition coefficient (Wildman–Crippen LogP) is 4.04. The molecule has 0 saturated carbocycles. The Morgan fingerprint density at radius 2 is 1.70 bits per heavy atom. The number of Topliss-reactive ketones (excluding diaryl/α,β-unsaturated/α-hetero) is 1. The molecule has 0 bridgehead atoms. The van der Waals surface area contributed by atoms with E-state index in [1.807, 2.05) is 0 Å². The number of methoxy groups -OCH3 is 1. The molecule has 0 aliphatic rings. The van der Waals surface area contributed by atoms with E-state index >= 15 is 0 Å². The summed E-state index contributed by atoms with van der Waals surface area (Å²) in [7, 11) is 1.56. The van der Waals surface area contributed by atoms with Crippen LogP contribution in [0.4, 0.5) is 0 Å². The van der Waals surface area contributed by atoms with Crippen LogP contribution >= 0.6 is 11.3 Å². The standard InChI is InChI=1S/C23H21NO5S/c1-28-18-11-9-16(10-12-18)19(24-23(27)21-8-5-13-30-21)14-22(26)29-15-20(25)17-6-3-2-4-7-17/h2-13,19H,14-15H2,1H3,(H,24,27)/t19-/m0/s1. The molecule has 0 aliphatic heterocycles. The van der Waals surface area contributed by atoms with Gasteiger partial charge in [0.25, 0.3) is 5.91 Å². The summed E-state index contributed by atoms with van der Waals surface area (Å²) < 4.78 is 10.3. The lowest BCUT2D eigenvalue weighted by Gasteiger charge is -2.18. The molecule has 154 valence electrons. The van der Waals surface area contributed by atoms with Gasteiger partial charge >= 0.3 is 5.97 Å². The second kappa shape index (κ2) is 10.4. The van der Waals surface area contributed by atoms with Gasteiger partial charge in [0, 0.05) is 5.56 Å². The van der Waals surface area contributed by atoms with Crippen LogP contribution in [-0.2, 0) is 9.53 Å². The highest BCUT2D eigenvalue weighted by atomic mass is 32.1. The Morgan fingerprint density at radius 1 is 0.967 bits per heavy atom. The van der Waals surface area contributed by atoms with Crippen molar-refractivity contribution in [2.75, 3.05) is 13.7 Å². The molecule has 1 atom stereocenters. The number of ketones is 1. The summed E-state index contributed by atoms with van der Waals surface area (Å²) in [6.45, 7) is -0.350. The van der Waals surface area contributed by atoms with Gasteiger partial charge in [-0.25, -0.2) is 0 Å². The number of ether oxygens (including phenoxy) is 2. The summed E-state index contributed by atoms with van der Waals surface area (Å²) in [6.07, 6.45) is -0.106. The molecule has 1 amide bonds. The molecular weight excluding hydrogens is 402 g/mol. The van der Waals surface area contributed by atoms with Crippen molar-refractivity contribution in [1.29, 1.82) is 0 Å². The summed E-state index contributed by atoms with van der Waals surface area (Å²) in [6, 6.07) is 18.6. The Kier molecular flexibility index (Phi) is 7.34. The molecule has 2 aromatic carbocycles. The molecular formula is C23H21NO5S. The molecule has 6 nitrogen and oxygen atoms in total. The van der Waals surface area contributed by atoms with Crippen LogP contribution in [-0.4, -0.2) is 31.4 Å². The Morgan fingerprint density at radius 3 is 2.33 bits per heavy atom. The number of rotatable bonds is 9. The summed E-state index contributed by atoms with van der Waals surface area (Å²) in [4.78, 5) is 37.6. The molecule has 0 aliphatic carbocycles. The summed E-state index contributed by atoms with van der Waals surface area (Å²) >= 11 is 1.31. The van der Waals surface area contributed by atoms with Crippen LogP contribution < -0.4 is 10.1 Å². The molecule has 0 unspecified atom stereocenters. The highest BCUT2D eigenvalue weighted by Gasteiger charge is 2.21. The van der Waals surface area contributed by atoms with Gasteiger partial charge in [-0.3, -0.25) is 14.4 Å². The lowest BCUT2D eigenvalue weighted by atomic mass is 10.0. The first-order chi connectivity index (χ1) is 14.6. The number of amides is 1. The van der Waals surface area contributed by atoms with Crippen LogP contribution in [0.3, 0.4) is 0 Å². The number of esters is 1. The molecule has 7 heteroatoms. The van der Waals surface area contributed by atoms with E-state index in [9.17, 15) is 14.4 Å². The monoisotopic (exact) mass is 423 g/mol. The lowest BCUT2D eigenvalue weighted by molar-refractivity contribution is -0.143. The quantitative estimate of drug-likeness (QED) is 0.415. The average molecular weight is 423 g/mol. The molecule has 3 rings (SSSR count). The van der Waals surface area contributed by atoms with Crippen molar-refractivity contribution < 1.29 is 23.9 Å². The Hall–Kier alpha value is -3.45. The zero-order valence-corrected chi connectivity index (χ0v) is 17.2. The van der Waals surface area contributed by atoms with E-state index in [2.05, 4.69) is 5.32 Å². The normalized spacial score (nSPS) is 11.4. The van der Waals surface area contributed by atoms with Crippen molar-refractivity contribution in [3.8, 4) is 5.75 Å². The third-order valence-corrected chi connectivity index (χ3v) is 5.27. The van der Waals surface area contributed by atoms with Gasteiger partial charge in [-0.15, -0.1) is 11.3 Å². The third-order valence-electron chi connectivity index (χ3n) is 4.40. The fraction of sp³-hybridized carbons (Fsp3) is 0.174. The smallest absolute Gasteiger partial charge is 0.308 e. The summed E-state index contributed by atoms with van der Waals surface area (Å²) in [5, 5.41) is 4.67. The topological polar surface area (TPSA) is 81.7 Å². The van der Waals surface area contributed by atoms with Crippen LogP contribution in [0.15, 0.2) is 72.1 Å². The van der Waals surface area contributed by atoms with Crippen molar-refractivity contribution in [2.45, 2.75) is 12.5 Å². The van der Waals surface area contributed by atoms with E-state index in [4.69, 9.17) is 9.47 Å². The molecule has 1 aromatic heterocycles. The summed E-state index contributed by atoms with van der Waals surface area (Å²) in [5.74, 6) is -0.476. The fourth-order valence-corrected chi connectivity index (χ4v) is 3.43. The number of hydrogen-bond donors (Lipinski definition) is 1. The van der Waals surface area contributed by atoms with Gasteiger partial charge in [0.05, 0.1) is 24.4 Å². The number of hydrogen-bond acceptors (Lipinski definition) is 6. The van der Waals surface area contributed by atoms with Gasteiger partial charge < -0.3 is 14.8 Å². The minimum atomic E-state index is -0.607. The highest BCUT2D eigenvalue weighted by molar-refractivity contribution is 7.12. The van der Waals surface area contributed by atoms with E-state index in [1.54, 1.807) is 79.2 Å². The Bertz CT molecular complexity index is 984. The van der Waals surface area contributed by atoms with Crippen LogP contribution in [0.2, 0.25) is 0 Å². The van der Waals surface area contributed by atoms with Gasteiger partial charge in [-0.05, 0) is 29.1 Å². The third kappa shape index (κ3) is 5.78. The second-order valence-corrected chi connectivity index (χ2v) is 7.38. The van der Waals surface area contributed by atoms with E-state index in [1.165, 1.54) is 11.3 Å². The van der Waals surface area contributed by atoms with Crippen molar-refractivity contribution >= 4 is 29.0 Å². The number of thiophene rings is 1. The first-order valence-electron chi connectivity index (χ1n) is 9.29. The maximum atomic E-state index is 12.5. The maximum Gasteiger partial charge on any atom is 0.308 e. The largest absolute Gasteiger partial charge is 0.497 e. The van der Waals surface area contributed by atoms with Crippen molar-refractivity contribution in [3.05, 3.63) is 88.1 Å². The first-order valence-corrected chi connectivity index (χ1v) is 10.2. The van der Waals surface area contributed by atoms with E-state index in [0.29, 0.717) is 16.2 Å². The van der Waals surface area contributed by atoms with Crippen LogP contribution in [0.5, 0.6) is 5.75 Å². The van der Waals surface area contributed by atoms with Crippen LogP contribution in [0, 0.1) is 0 Å². The van der Waals surface area contributed by atoms with Crippen LogP contribution in [0.25, 0.3) is 0 Å². The molecule has 1 heterocycles. The first kappa shape index (κ1) is 21.3. The lowest BCUT2D eigenvalue weighted by Crippen LogP contribution is -2.30. The zero-order valence-electron chi connectivity index (χ0n) is 16.4. The van der Waals surface area contributed by atoms with Gasteiger partial charge in [-0.2, -0.15) is 0 Å². The maximum absolute atomic E-state index is 12.5. The molecule has 0 radical (unpaired) electrons. The molecule has 0 saturated heterocycles. The van der Waals surface area contributed by atoms with Gasteiger partial charge in [0.15, 0.2) is 12.4 Å². The number of carbonyl (C=O) groups excluding carboxylic acids is 3. The van der Waals surface area contributed by atoms with E-state index in [-0.39, 0.29) is 24.7 Å². The predicted molar refractivity (Wildman–Crippen MR) is 114 cm³/mol. The summed E-state index contributed by atoms with van der Waals surface area (Å²) in [5.41, 5.74) is 1.20. The Labute approximate surface area is 178 Å². The highest BCUT2D eigenvalue weighted by Crippen LogP contribution is 2.22. The minimum absolute atomic E-state index is 0.106. The van der Waals surface area contributed by atoms with Gasteiger partial charge in [0.2, 0.25) is 0 Å². The molecule has 30 heavy (non-hydrogen) atoms. The molecule has 0 fully saturated rings. The van der Waals surface area contributed by atoms with Gasteiger partial charge in [0.1, 0.15) is 5.75 Å². The van der Waals surface area contributed by atoms with Gasteiger partial charge in [-0.1, -0.05) is 48.5 Å². The molecule has 1 N–H and O–H groups in total. The number of carbonyl (C=O) groups is 3. The second-order valence-electron chi connectivity index (χ2n) is 6.43. The zero-order chi connectivity index (χ0) is 21.3. The van der Waals surface area contributed by atoms with E-state index < -0.39 is 12.0 Å². The fourth-order valence-electron chi connectivity index (χ4n) is 2.80. The van der Waals surface area contributed by atoms with E-state index in [0.717, 1.165) is 5.56 Å².